The number of fused-ring (bicyclic) bond motifs is 1. The lowest BCUT2D eigenvalue weighted by Crippen LogP contribution is -2.49. The van der Waals surface area contributed by atoms with Gasteiger partial charge in [-0.2, -0.15) is 0 Å². The van der Waals surface area contributed by atoms with E-state index in [1.54, 1.807) is 24.3 Å². The van der Waals surface area contributed by atoms with E-state index in [0.29, 0.717) is 28.2 Å². The molecule has 12 nitrogen and oxygen atoms in total. The third-order valence-corrected chi connectivity index (χ3v) is 6.62. The van der Waals surface area contributed by atoms with Gasteiger partial charge in [-0.15, -0.1) is 0 Å². The van der Waals surface area contributed by atoms with Crippen LogP contribution in [-0.4, -0.2) is 65.6 Å². The van der Waals surface area contributed by atoms with Crippen LogP contribution in [0.1, 0.15) is 16.8 Å². The summed E-state index contributed by atoms with van der Waals surface area (Å²) in [4.78, 5) is 57.3. The van der Waals surface area contributed by atoms with E-state index in [2.05, 4.69) is 4.98 Å². The quantitative estimate of drug-likeness (QED) is 0.133. The zero-order valence-electron chi connectivity index (χ0n) is 21.6. The average molecular weight is 545 g/mol. The molecule has 0 spiro atoms. The SMILES string of the molecule is COC(CN(C(=O)c1ccc([N+](=O)[O-])cc1)C1CC(=O)N(c2ccc(-c3nc4ccccc4o3)cc2)C1=O)OC. The fraction of sp³-hybridized carbons (Fsp3) is 0.214. The molecule has 3 aromatic carbocycles. The van der Waals surface area contributed by atoms with E-state index >= 15 is 0 Å². The Hall–Kier alpha value is -4.94. The maximum Gasteiger partial charge on any atom is 0.269 e. The number of amides is 3. The normalized spacial score (nSPS) is 15.3. The molecular formula is C28H24N4O8. The molecule has 1 saturated heterocycles. The molecule has 1 unspecified atom stereocenters. The van der Waals surface area contributed by atoms with Crippen molar-refractivity contribution in [2.45, 2.75) is 18.8 Å². The lowest BCUT2D eigenvalue weighted by Gasteiger charge is -2.30. The summed E-state index contributed by atoms with van der Waals surface area (Å²) in [6, 6.07) is 17.8. The fourth-order valence-electron chi connectivity index (χ4n) is 4.53. The molecule has 1 aliphatic heterocycles. The van der Waals surface area contributed by atoms with Gasteiger partial charge in [0.15, 0.2) is 11.9 Å². The van der Waals surface area contributed by atoms with Crippen LogP contribution in [0.3, 0.4) is 0 Å². The molecule has 1 atom stereocenters. The second kappa shape index (κ2) is 11.0. The van der Waals surface area contributed by atoms with Crippen LogP contribution < -0.4 is 4.90 Å². The van der Waals surface area contributed by atoms with Gasteiger partial charge in [-0.05, 0) is 48.5 Å². The number of benzene rings is 3. The molecule has 3 amide bonds. The number of nitro groups is 1. The number of methoxy groups -OCH3 is 2. The number of rotatable bonds is 9. The highest BCUT2D eigenvalue weighted by atomic mass is 16.7. The van der Waals surface area contributed by atoms with Gasteiger partial charge >= 0.3 is 0 Å². The van der Waals surface area contributed by atoms with Crippen molar-refractivity contribution in [1.29, 1.82) is 0 Å². The standard InChI is InChI=1S/C28H24N4O8/c1-38-25(39-2)16-30(27(34)18-9-13-20(14-10-18)32(36)37)22-15-24(33)31(28(22)35)19-11-7-17(8-12-19)26-29-21-5-3-4-6-23(21)40-26/h3-14,22,25H,15-16H2,1-2H3. The molecule has 0 bridgehead atoms. The number of non-ortho nitro benzene ring substituents is 1. The Kier molecular flexibility index (Phi) is 7.36. The number of imide groups is 1. The minimum atomic E-state index is -1.14. The molecule has 0 aliphatic carbocycles. The first-order valence-corrected chi connectivity index (χ1v) is 12.2. The monoisotopic (exact) mass is 544 g/mol. The van der Waals surface area contributed by atoms with Crippen LogP contribution in [0.25, 0.3) is 22.6 Å². The van der Waals surface area contributed by atoms with Crippen LogP contribution in [-0.2, 0) is 19.1 Å². The second-order valence-corrected chi connectivity index (χ2v) is 8.98. The van der Waals surface area contributed by atoms with E-state index < -0.39 is 35.0 Å². The Morgan fingerprint density at radius 1 is 1.07 bits per heavy atom. The van der Waals surface area contributed by atoms with Gasteiger partial charge in [0.05, 0.1) is 23.6 Å². The highest BCUT2D eigenvalue weighted by Gasteiger charge is 2.45. The smallest absolute Gasteiger partial charge is 0.269 e. The summed E-state index contributed by atoms with van der Waals surface area (Å²) in [6.07, 6.45) is -1.14. The first-order valence-electron chi connectivity index (χ1n) is 12.2. The topological polar surface area (TPSA) is 145 Å². The molecule has 0 N–H and O–H groups in total. The molecule has 12 heteroatoms. The number of para-hydroxylation sites is 2. The third-order valence-electron chi connectivity index (χ3n) is 6.62. The number of oxazole rings is 1. The van der Waals surface area contributed by atoms with Crippen molar-refractivity contribution < 1.29 is 33.2 Å². The number of aromatic nitrogens is 1. The molecule has 4 aromatic rings. The van der Waals surface area contributed by atoms with Crippen LogP contribution in [0.2, 0.25) is 0 Å². The van der Waals surface area contributed by atoms with Crippen molar-refractivity contribution in [3.8, 4) is 11.5 Å². The molecule has 1 aromatic heterocycles. The van der Waals surface area contributed by atoms with Gasteiger partial charge in [-0.1, -0.05) is 12.1 Å². The van der Waals surface area contributed by atoms with E-state index in [4.69, 9.17) is 13.9 Å². The molecule has 0 radical (unpaired) electrons. The van der Waals surface area contributed by atoms with Gasteiger partial charge in [0.25, 0.3) is 17.5 Å². The van der Waals surface area contributed by atoms with Crippen molar-refractivity contribution in [2.24, 2.45) is 0 Å². The van der Waals surface area contributed by atoms with Gasteiger partial charge < -0.3 is 18.8 Å². The van der Waals surface area contributed by atoms with Crippen LogP contribution in [0, 0.1) is 10.1 Å². The summed E-state index contributed by atoms with van der Waals surface area (Å²) >= 11 is 0. The number of nitro benzene ring substituents is 1. The van der Waals surface area contributed by atoms with E-state index in [0.717, 1.165) is 4.90 Å². The number of nitrogens with zero attached hydrogens (tertiary/aromatic N) is 4. The first-order chi connectivity index (χ1) is 19.3. The number of hydrogen-bond donors (Lipinski definition) is 0. The summed E-state index contributed by atoms with van der Waals surface area (Å²) in [6.45, 7) is -0.156. The second-order valence-electron chi connectivity index (χ2n) is 8.98. The van der Waals surface area contributed by atoms with E-state index in [1.165, 1.54) is 43.4 Å². The fourth-order valence-corrected chi connectivity index (χ4v) is 4.53. The first kappa shape index (κ1) is 26.7. The van der Waals surface area contributed by atoms with E-state index in [1.807, 2.05) is 24.3 Å². The number of carbonyl (C=O) groups is 3. The molecule has 0 saturated carbocycles. The molecule has 40 heavy (non-hydrogen) atoms. The predicted octanol–water partition coefficient (Wildman–Crippen LogP) is 3.80. The summed E-state index contributed by atoms with van der Waals surface area (Å²) in [7, 11) is 2.77. The van der Waals surface area contributed by atoms with Crippen LogP contribution in [0.15, 0.2) is 77.2 Å². The Morgan fingerprint density at radius 2 is 1.75 bits per heavy atom. The molecular weight excluding hydrogens is 520 g/mol. The van der Waals surface area contributed by atoms with E-state index in [-0.39, 0.29) is 24.2 Å². The molecule has 2 heterocycles. The minimum Gasteiger partial charge on any atom is -0.436 e. The summed E-state index contributed by atoms with van der Waals surface area (Å²) in [5, 5.41) is 11.0. The van der Waals surface area contributed by atoms with Crippen molar-refractivity contribution >= 4 is 40.2 Å². The van der Waals surface area contributed by atoms with Crippen molar-refractivity contribution in [2.75, 3.05) is 25.7 Å². The largest absolute Gasteiger partial charge is 0.436 e. The van der Waals surface area contributed by atoms with E-state index in [9.17, 15) is 24.5 Å². The number of carbonyl (C=O) groups excluding carboxylic acids is 3. The zero-order chi connectivity index (χ0) is 28.4. The van der Waals surface area contributed by atoms with Gasteiger partial charge in [-0.25, -0.2) is 9.88 Å². The van der Waals surface area contributed by atoms with Gasteiger partial charge in [0.2, 0.25) is 11.8 Å². The average Bonchev–Trinajstić information content (AvgIpc) is 3.54. The van der Waals surface area contributed by atoms with Crippen molar-refractivity contribution in [1.82, 2.24) is 9.88 Å². The Balaban J connectivity index is 1.41. The Labute approximate surface area is 227 Å². The summed E-state index contributed by atoms with van der Waals surface area (Å²) < 4.78 is 16.3. The van der Waals surface area contributed by atoms with Gasteiger partial charge in [0.1, 0.15) is 11.6 Å². The van der Waals surface area contributed by atoms with Crippen LogP contribution in [0.5, 0.6) is 0 Å². The minimum absolute atomic E-state index is 0.109. The van der Waals surface area contributed by atoms with Crippen molar-refractivity contribution in [3.05, 3.63) is 88.5 Å². The maximum atomic E-state index is 13.6. The predicted molar refractivity (Wildman–Crippen MR) is 142 cm³/mol. The Morgan fingerprint density at radius 3 is 2.38 bits per heavy atom. The lowest BCUT2D eigenvalue weighted by molar-refractivity contribution is -0.384. The summed E-state index contributed by atoms with van der Waals surface area (Å²) in [5.74, 6) is -1.29. The summed E-state index contributed by atoms with van der Waals surface area (Å²) in [5.41, 5.74) is 2.26. The van der Waals surface area contributed by atoms with Crippen LogP contribution in [0.4, 0.5) is 11.4 Å². The zero-order valence-corrected chi connectivity index (χ0v) is 21.6. The molecule has 1 aliphatic rings. The number of ether oxygens (including phenoxy) is 2. The van der Waals surface area contributed by atoms with Crippen molar-refractivity contribution in [3.63, 3.8) is 0 Å². The van der Waals surface area contributed by atoms with Gasteiger partial charge in [0, 0.05) is 37.5 Å². The third kappa shape index (κ3) is 5.05. The molecule has 204 valence electrons. The highest BCUT2D eigenvalue weighted by Crippen LogP contribution is 2.30. The highest BCUT2D eigenvalue weighted by molar-refractivity contribution is 6.23. The number of anilines is 1. The molecule has 1 fully saturated rings. The number of hydrogen-bond acceptors (Lipinski definition) is 9. The van der Waals surface area contributed by atoms with Crippen LogP contribution >= 0.6 is 0 Å². The molecule has 5 rings (SSSR count). The maximum absolute atomic E-state index is 13.6. The lowest BCUT2D eigenvalue weighted by atomic mass is 10.1. The Bertz CT molecular complexity index is 1550. The van der Waals surface area contributed by atoms with Gasteiger partial charge in [-0.3, -0.25) is 24.5 Å².